The minimum Gasteiger partial charge on any atom is -0.397 e. The zero-order valence-electron chi connectivity index (χ0n) is 44.8. The lowest BCUT2D eigenvalue weighted by molar-refractivity contribution is 0.0335. The van der Waals surface area contributed by atoms with Gasteiger partial charge in [0.2, 0.25) is 0 Å². The number of ether oxygens (including phenoxy) is 1. The van der Waals surface area contributed by atoms with E-state index in [4.69, 9.17) is 25.4 Å². The first-order valence-electron chi connectivity index (χ1n) is 26.5. The number of piperidine rings is 1. The molecule has 6 N–H and O–H groups in total. The van der Waals surface area contributed by atoms with Gasteiger partial charge in [-0.2, -0.15) is 0 Å². The molecular weight excluding hydrogens is 1050 g/mol. The first-order valence-corrected chi connectivity index (χ1v) is 29.9. The van der Waals surface area contributed by atoms with Crippen LogP contribution >= 0.6 is 45.3 Å². The van der Waals surface area contributed by atoms with Crippen LogP contribution in [0.3, 0.4) is 0 Å². The number of nitrogens with two attached hydrogens (primary N) is 1. The lowest BCUT2D eigenvalue weighted by Crippen LogP contribution is -2.36. The van der Waals surface area contributed by atoms with E-state index >= 15 is 0 Å². The molecule has 0 saturated carbocycles. The number of nitrogens with zero attached hydrogens (tertiary/aromatic N) is 8. The van der Waals surface area contributed by atoms with Gasteiger partial charge in [0.25, 0.3) is 5.91 Å². The molecule has 0 unspecified atom stereocenters. The Bertz CT molecular complexity index is 3560. The van der Waals surface area contributed by atoms with E-state index in [1.165, 1.54) is 58.8 Å². The molecule has 2 saturated heterocycles. The monoisotopic (exact) mass is 1120 g/mol. The van der Waals surface area contributed by atoms with Crippen molar-refractivity contribution in [3.8, 4) is 22.8 Å². The number of pyridine rings is 2. The molecule has 12 rings (SSSR count). The zero-order valence-corrected chi connectivity index (χ0v) is 48.1. The normalized spacial score (nSPS) is 13.6. The van der Waals surface area contributed by atoms with Gasteiger partial charge >= 0.3 is 0 Å². The number of carbonyl (C=O) groups is 1. The number of aromatic nitrogens is 6. The molecular formula is C59H67N13O2S4. The van der Waals surface area contributed by atoms with Crippen LogP contribution in [0.1, 0.15) is 78.3 Å². The Morgan fingerprint density at radius 2 is 1.31 bits per heavy atom. The van der Waals surface area contributed by atoms with Crippen LogP contribution in [-0.4, -0.2) is 83.8 Å². The number of fused-ring (bicyclic) bond motifs is 2. The third-order valence-corrected chi connectivity index (χ3v) is 16.5. The Hall–Kier alpha value is -7.23. The van der Waals surface area contributed by atoms with E-state index in [2.05, 4.69) is 112 Å². The van der Waals surface area contributed by atoms with Crippen LogP contribution < -0.4 is 27.0 Å². The summed E-state index contributed by atoms with van der Waals surface area (Å²) < 4.78 is 9.86. The van der Waals surface area contributed by atoms with Crippen molar-refractivity contribution in [3.05, 3.63) is 166 Å². The molecule has 10 heterocycles. The first-order chi connectivity index (χ1) is 38.3. The number of likely N-dealkylation sites (tertiary alicyclic amines) is 1. The number of aryl methyl sites for hydroxylation is 1. The quantitative estimate of drug-likeness (QED) is 0.0618. The van der Waals surface area contributed by atoms with Gasteiger partial charge in [0.05, 0.1) is 68.1 Å². The fourth-order valence-corrected chi connectivity index (χ4v) is 12.3. The number of hydrogen-bond donors (Lipinski definition) is 5. The minimum atomic E-state index is -0.193. The SMILES string of the molecule is C=C(Nc1ccccc1C)c1ccc(Nc2nc(-c3cnc4cccc(CN5CCOCC5)n34)cs2)s1.CC.CC.Nc1ccccc1NC(=O)c1ccc(Nc2nc(-c3cnc4c(CN5CCCCC5)cccn34)cs2)s1. The highest BCUT2D eigenvalue weighted by Crippen LogP contribution is 2.35. The largest absolute Gasteiger partial charge is 0.397 e. The molecule has 78 heavy (non-hydrogen) atoms. The summed E-state index contributed by atoms with van der Waals surface area (Å²) in [6.07, 6.45) is 9.74. The van der Waals surface area contributed by atoms with E-state index in [1.807, 2.05) is 88.1 Å². The number of morpholine rings is 1. The standard InChI is InChI=1S/C28H28N6OS2.C27H27N7OS2.2C2H6/c1-19-6-3-4-8-22(19)30-20(2)25-10-11-27(37-25)32-28-31-23(18-36-28)24-16-29-26-9-5-7-21(34(24)26)17-33-12-14-35-15-13-33;28-19-8-2-3-9-20(19)30-26(35)23-10-11-24(37-23)32-27-31-21(17-36-27)22-15-29-25-18(7-6-14-34(22)25)16-33-12-4-1-5-13-33;2*1-2/h3-11,16,18,30H,2,12-15,17H2,1H3,(H,31,32);2-3,6-11,14-15,17H,1,4-5,12-13,16,28H2,(H,30,35)(H,31,32);2*1-2H3. The molecule has 0 atom stereocenters. The average molecular weight is 1120 g/mol. The average Bonchev–Trinajstić information content (AvgIpc) is 4.40. The molecule has 10 aromatic rings. The maximum Gasteiger partial charge on any atom is 0.265 e. The van der Waals surface area contributed by atoms with Crippen LogP contribution in [0, 0.1) is 6.92 Å². The van der Waals surface area contributed by atoms with E-state index in [9.17, 15) is 4.79 Å². The summed E-state index contributed by atoms with van der Waals surface area (Å²) >= 11 is 6.14. The van der Waals surface area contributed by atoms with Gasteiger partial charge in [-0.1, -0.05) is 83.2 Å². The number of nitrogen functional groups attached to an aromatic ring is 1. The van der Waals surface area contributed by atoms with Crippen molar-refractivity contribution in [3.63, 3.8) is 0 Å². The Labute approximate surface area is 472 Å². The summed E-state index contributed by atoms with van der Waals surface area (Å²) in [5, 5.41) is 20.7. The Morgan fingerprint density at radius 3 is 2.03 bits per heavy atom. The van der Waals surface area contributed by atoms with Crippen molar-refractivity contribution in [1.82, 2.24) is 38.5 Å². The fraction of sp³-hybridized carbons (Fsp3) is 0.271. The number of carbonyl (C=O) groups excluding carboxylic acids is 1. The second-order valence-corrected chi connectivity index (χ2v) is 21.9. The van der Waals surface area contributed by atoms with Gasteiger partial charge < -0.3 is 31.7 Å². The van der Waals surface area contributed by atoms with Crippen LogP contribution in [0.4, 0.5) is 37.3 Å². The van der Waals surface area contributed by atoms with Crippen LogP contribution in [0.5, 0.6) is 0 Å². The third kappa shape index (κ3) is 13.5. The van der Waals surface area contributed by atoms with Crippen molar-refractivity contribution >= 4 is 106 Å². The number of anilines is 7. The van der Waals surface area contributed by atoms with Crippen LogP contribution in [-0.2, 0) is 17.8 Å². The number of imidazole rings is 2. The zero-order chi connectivity index (χ0) is 54.4. The lowest BCUT2D eigenvalue weighted by Gasteiger charge is -2.27. The molecule has 8 aromatic heterocycles. The molecule has 15 nitrogen and oxygen atoms in total. The van der Waals surface area contributed by atoms with Crippen molar-refractivity contribution in [1.29, 1.82) is 0 Å². The fourth-order valence-electron chi connectivity index (χ4n) is 9.07. The van der Waals surface area contributed by atoms with Gasteiger partial charge in [0.1, 0.15) is 22.7 Å². The molecule has 404 valence electrons. The van der Waals surface area contributed by atoms with E-state index in [0.717, 1.165) is 123 Å². The van der Waals surface area contributed by atoms with Crippen LogP contribution in [0.15, 0.2) is 139 Å². The summed E-state index contributed by atoms with van der Waals surface area (Å²) in [6, 6.07) is 33.8. The van der Waals surface area contributed by atoms with E-state index in [0.29, 0.717) is 16.3 Å². The first kappa shape index (κ1) is 55.5. The van der Waals surface area contributed by atoms with E-state index < -0.39 is 0 Å². The summed E-state index contributed by atoms with van der Waals surface area (Å²) in [6.45, 7) is 21.9. The maximum absolute atomic E-state index is 12.7. The van der Waals surface area contributed by atoms with Gasteiger partial charge in [-0.3, -0.25) is 23.4 Å². The van der Waals surface area contributed by atoms with Crippen LogP contribution in [0.2, 0.25) is 0 Å². The molecule has 0 radical (unpaired) electrons. The van der Waals surface area contributed by atoms with Gasteiger partial charge in [0, 0.05) is 65.8 Å². The molecule has 0 bridgehead atoms. The smallest absolute Gasteiger partial charge is 0.265 e. The molecule has 0 aliphatic carbocycles. The number of hydrogen-bond acceptors (Lipinski definition) is 16. The number of para-hydroxylation sites is 3. The second kappa shape index (κ2) is 26.9. The summed E-state index contributed by atoms with van der Waals surface area (Å²) in [5.74, 6) is -0.193. The maximum atomic E-state index is 12.7. The highest BCUT2D eigenvalue weighted by molar-refractivity contribution is 7.19. The number of thiazole rings is 2. The van der Waals surface area contributed by atoms with E-state index in [1.54, 1.807) is 40.9 Å². The molecule has 2 fully saturated rings. The molecule has 2 aliphatic rings. The summed E-state index contributed by atoms with van der Waals surface area (Å²) in [7, 11) is 0. The number of thiophene rings is 2. The topological polar surface area (TPSA) is 167 Å². The Balaban J connectivity index is 0.000000178. The molecule has 1 amide bonds. The molecule has 2 aromatic carbocycles. The molecule has 0 spiro atoms. The molecule has 2 aliphatic heterocycles. The van der Waals surface area contributed by atoms with Crippen LogP contribution in [0.25, 0.3) is 39.8 Å². The van der Waals surface area contributed by atoms with Gasteiger partial charge in [-0.15, -0.1) is 45.3 Å². The number of benzene rings is 2. The third-order valence-electron chi connectivity index (χ3n) is 12.9. The van der Waals surface area contributed by atoms with Gasteiger partial charge in [-0.05, 0) is 99.1 Å². The lowest BCUT2D eigenvalue weighted by atomic mass is 10.1. The predicted octanol–water partition coefficient (Wildman–Crippen LogP) is 14.6. The Morgan fingerprint density at radius 1 is 0.667 bits per heavy atom. The van der Waals surface area contributed by atoms with E-state index in [-0.39, 0.29) is 5.91 Å². The summed E-state index contributed by atoms with van der Waals surface area (Å²) in [4.78, 5) is 38.4. The Kier molecular flexibility index (Phi) is 19.1. The number of rotatable bonds is 15. The number of amides is 1. The highest BCUT2D eigenvalue weighted by atomic mass is 32.1. The highest BCUT2D eigenvalue weighted by Gasteiger charge is 2.20. The van der Waals surface area contributed by atoms with Gasteiger partial charge in [-0.25, -0.2) is 19.9 Å². The van der Waals surface area contributed by atoms with Gasteiger partial charge in [0.15, 0.2) is 10.3 Å². The van der Waals surface area contributed by atoms with Crippen molar-refractivity contribution in [2.45, 2.75) is 67.0 Å². The predicted molar refractivity (Wildman–Crippen MR) is 328 cm³/mol. The summed E-state index contributed by atoms with van der Waals surface area (Å²) in [5.41, 5.74) is 18.3. The minimum absolute atomic E-state index is 0.193. The second-order valence-electron chi connectivity index (χ2n) is 18.1. The van der Waals surface area contributed by atoms with Crippen molar-refractivity contribution in [2.24, 2.45) is 0 Å². The molecule has 19 heteroatoms. The van der Waals surface area contributed by atoms with Crippen molar-refractivity contribution < 1.29 is 9.53 Å². The number of nitrogens with one attached hydrogen (secondary N) is 4. The van der Waals surface area contributed by atoms with Crippen molar-refractivity contribution in [2.75, 3.05) is 66.4 Å².